The monoisotopic (exact) mass is 253 g/mol. The predicted molar refractivity (Wildman–Crippen MR) is 66.3 cm³/mol. The predicted octanol–water partition coefficient (Wildman–Crippen LogP) is 1.12. The highest BCUT2D eigenvalue weighted by Gasteiger charge is 2.25. The largest absolute Gasteiger partial charge is 0.366 e. The van der Waals surface area contributed by atoms with Crippen LogP contribution in [0.1, 0.15) is 12.8 Å². The third-order valence-electron chi connectivity index (χ3n) is 2.40. The number of rotatable bonds is 6. The van der Waals surface area contributed by atoms with Crippen LogP contribution in [0.3, 0.4) is 0 Å². The molecule has 1 fully saturated rings. The van der Waals surface area contributed by atoms with Gasteiger partial charge in [0.05, 0.1) is 0 Å². The Morgan fingerprint density at radius 1 is 1.53 bits per heavy atom. The van der Waals surface area contributed by atoms with E-state index in [1.54, 1.807) is 18.3 Å². The van der Waals surface area contributed by atoms with Crippen LogP contribution in [0.2, 0.25) is 0 Å². The van der Waals surface area contributed by atoms with Crippen molar-refractivity contribution in [3.05, 3.63) is 31.0 Å². The van der Waals surface area contributed by atoms with Gasteiger partial charge in [-0.3, -0.25) is 0 Å². The number of hydrogen-bond donors (Lipinski definition) is 2. The van der Waals surface area contributed by atoms with Crippen LogP contribution in [0.5, 0.6) is 0 Å². The molecule has 0 atom stereocenters. The van der Waals surface area contributed by atoms with Crippen molar-refractivity contribution in [3.63, 3.8) is 0 Å². The minimum Gasteiger partial charge on any atom is -0.366 e. The van der Waals surface area contributed by atoms with Gasteiger partial charge in [0.2, 0.25) is 10.0 Å². The lowest BCUT2D eigenvalue weighted by Gasteiger charge is -2.10. The molecule has 1 saturated carbocycles. The highest BCUT2D eigenvalue weighted by atomic mass is 32.2. The Balaban J connectivity index is 2.26. The Labute approximate surface area is 101 Å². The molecule has 0 spiro atoms. The normalized spacial score (nSPS) is 15.5. The van der Waals surface area contributed by atoms with Crippen LogP contribution in [-0.2, 0) is 10.0 Å². The first-order valence-corrected chi connectivity index (χ1v) is 6.94. The molecule has 17 heavy (non-hydrogen) atoms. The van der Waals surface area contributed by atoms with Crippen molar-refractivity contribution < 1.29 is 8.42 Å². The molecule has 2 N–H and O–H groups in total. The van der Waals surface area contributed by atoms with E-state index in [0.29, 0.717) is 11.9 Å². The third-order valence-corrected chi connectivity index (χ3v) is 3.85. The van der Waals surface area contributed by atoms with Gasteiger partial charge < -0.3 is 5.32 Å². The minimum atomic E-state index is -3.52. The van der Waals surface area contributed by atoms with Gasteiger partial charge in [0.25, 0.3) is 0 Å². The Morgan fingerprint density at radius 3 is 2.94 bits per heavy atom. The maximum Gasteiger partial charge on any atom is 0.244 e. The quantitative estimate of drug-likeness (QED) is 0.745. The summed E-state index contributed by atoms with van der Waals surface area (Å²) < 4.78 is 26.4. The van der Waals surface area contributed by atoms with Gasteiger partial charge in [-0.2, -0.15) is 0 Å². The highest BCUT2D eigenvalue weighted by molar-refractivity contribution is 7.89. The molecule has 2 rings (SSSR count). The first kappa shape index (κ1) is 12.1. The van der Waals surface area contributed by atoms with E-state index in [-0.39, 0.29) is 11.4 Å². The van der Waals surface area contributed by atoms with Crippen LogP contribution in [0.15, 0.2) is 35.9 Å². The standard InChI is InChI=1S/C11H15N3O2S/c1-2-7-13-17(15,16)10-4-3-8-12-11(10)14-9-5-6-9/h2-4,8-9,13H,1,5-7H2,(H,12,14). The van der Waals surface area contributed by atoms with Crippen LogP contribution in [-0.4, -0.2) is 26.0 Å². The van der Waals surface area contributed by atoms with Gasteiger partial charge in [-0.05, 0) is 25.0 Å². The van der Waals surface area contributed by atoms with E-state index in [1.807, 2.05) is 0 Å². The van der Waals surface area contributed by atoms with Gasteiger partial charge >= 0.3 is 0 Å². The van der Waals surface area contributed by atoms with Gasteiger partial charge in [-0.25, -0.2) is 18.1 Å². The Bertz CT molecular complexity index is 509. The lowest BCUT2D eigenvalue weighted by atomic mass is 10.4. The second kappa shape index (κ2) is 4.85. The summed E-state index contributed by atoms with van der Waals surface area (Å²) in [6.07, 6.45) is 5.21. The van der Waals surface area contributed by atoms with Crippen molar-refractivity contribution in [1.29, 1.82) is 0 Å². The van der Waals surface area contributed by atoms with Crippen LogP contribution < -0.4 is 10.0 Å². The second-order valence-electron chi connectivity index (χ2n) is 3.91. The molecule has 1 aromatic rings. The zero-order valence-electron chi connectivity index (χ0n) is 9.39. The van der Waals surface area contributed by atoms with Gasteiger partial charge in [-0.1, -0.05) is 6.08 Å². The number of nitrogens with one attached hydrogen (secondary N) is 2. The number of anilines is 1. The molecule has 0 aliphatic heterocycles. The van der Waals surface area contributed by atoms with Crippen molar-refractivity contribution in [2.45, 2.75) is 23.8 Å². The first-order chi connectivity index (χ1) is 8.13. The smallest absolute Gasteiger partial charge is 0.244 e. The SMILES string of the molecule is C=CCNS(=O)(=O)c1cccnc1NC1CC1. The highest BCUT2D eigenvalue weighted by Crippen LogP contribution is 2.27. The fourth-order valence-corrected chi connectivity index (χ4v) is 2.50. The second-order valence-corrected chi connectivity index (χ2v) is 5.64. The van der Waals surface area contributed by atoms with E-state index in [0.717, 1.165) is 12.8 Å². The summed E-state index contributed by atoms with van der Waals surface area (Å²) in [6.45, 7) is 3.69. The van der Waals surface area contributed by atoms with Crippen molar-refractivity contribution in [2.75, 3.05) is 11.9 Å². The summed E-state index contributed by atoms with van der Waals surface area (Å²) >= 11 is 0. The van der Waals surface area contributed by atoms with Crippen molar-refractivity contribution >= 4 is 15.8 Å². The number of nitrogens with zero attached hydrogens (tertiary/aromatic N) is 1. The van der Waals surface area contributed by atoms with Crippen molar-refractivity contribution in [1.82, 2.24) is 9.71 Å². The molecule has 92 valence electrons. The van der Waals surface area contributed by atoms with E-state index in [2.05, 4.69) is 21.6 Å². The van der Waals surface area contributed by atoms with Gasteiger partial charge in [0, 0.05) is 18.8 Å². The van der Waals surface area contributed by atoms with E-state index >= 15 is 0 Å². The maximum atomic E-state index is 12.0. The summed E-state index contributed by atoms with van der Waals surface area (Å²) in [5.41, 5.74) is 0. The number of sulfonamides is 1. The molecule has 1 aromatic heterocycles. The molecule has 5 nitrogen and oxygen atoms in total. The summed E-state index contributed by atoms with van der Waals surface area (Å²) in [6, 6.07) is 3.52. The average molecular weight is 253 g/mol. The minimum absolute atomic E-state index is 0.189. The fraction of sp³-hybridized carbons (Fsp3) is 0.364. The molecule has 0 radical (unpaired) electrons. The number of aromatic nitrogens is 1. The van der Waals surface area contributed by atoms with Gasteiger partial charge in [-0.15, -0.1) is 6.58 Å². The molecule has 6 heteroatoms. The molecule has 1 aliphatic rings. The lowest BCUT2D eigenvalue weighted by Crippen LogP contribution is -2.25. The summed E-state index contributed by atoms with van der Waals surface area (Å²) in [5, 5.41) is 3.11. The van der Waals surface area contributed by atoms with Gasteiger partial charge in [0.15, 0.2) is 0 Å². The Hall–Kier alpha value is -1.40. The van der Waals surface area contributed by atoms with Crippen LogP contribution in [0.4, 0.5) is 5.82 Å². The first-order valence-electron chi connectivity index (χ1n) is 5.45. The van der Waals surface area contributed by atoms with Crippen LogP contribution in [0.25, 0.3) is 0 Å². The fourth-order valence-electron chi connectivity index (χ4n) is 1.38. The van der Waals surface area contributed by atoms with Crippen LogP contribution in [0, 0.1) is 0 Å². The van der Waals surface area contributed by atoms with Crippen molar-refractivity contribution in [2.24, 2.45) is 0 Å². The Morgan fingerprint density at radius 2 is 2.29 bits per heavy atom. The molecule has 0 bridgehead atoms. The molecule has 0 aromatic carbocycles. The molecule has 0 saturated heterocycles. The van der Waals surface area contributed by atoms with E-state index in [1.165, 1.54) is 6.08 Å². The molecule has 1 heterocycles. The zero-order valence-corrected chi connectivity index (χ0v) is 10.2. The van der Waals surface area contributed by atoms with E-state index < -0.39 is 10.0 Å². The third kappa shape index (κ3) is 3.04. The maximum absolute atomic E-state index is 12.0. The van der Waals surface area contributed by atoms with Crippen LogP contribution >= 0.6 is 0 Å². The summed E-state index contributed by atoms with van der Waals surface area (Å²) in [4.78, 5) is 4.27. The number of pyridine rings is 1. The molecular weight excluding hydrogens is 238 g/mol. The van der Waals surface area contributed by atoms with Crippen molar-refractivity contribution in [3.8, 4) is 0 Å². The summed E-state index contributed by atoms with van der Waals surface area (Å²) in [5.74, 6) is 0.423. The van der Waals surface area contributed by atoms with E-state index in [4.69, 9.17) is 0 Å². The molecule has 1 aliphatic carbocycles. The topological polar surface area (TPSA) is 71.1 Å². The Kier molecular flexibility index (Phi) is 3.44. The number of hydrogen-bond acceptors (Lipinski definition) is 4. The molecule has 0 unspecified atom stereocenters. The van der Waals surface area contributed by atoms with E-state index in [9.17, 15) is 8.42 Å². The lowest BCUT2D eigenvalue weighted by molar-refractivity contribution is 0.585. The molecular formula is C11H15N3O2S. The summed E-state index contributed by atoms with van der Waals surface area (Å²) in [7, 11) is -3.52. The van der Waals surface area contributed by atoms with Gasteiger partial charge in [0.1, 0.15) is 10.7 Å². The average Bonchev–Trinajstić information content (AvgIpc) is 3.11. The zero-order chi connectivity index (χ0) is 12.3. The molecule has 0 amide bonds.